The third kappa shape index (κ3) is 1.72. The first kappa shape index (κ1) is 10.2. The van der Waals surface area contributed by atoms with Gasteiger partial charge in [0, 0.05) is 18.6 Å². The lowest BCUT2D eigenvalue weighted by molar-refractivity contribution is 0.318. The number of hydrogen-bond acceptors (Lipinski definition) is 4. The van der Waals surface area contributed by atoms with Crippen molar-refractivity contribution in [2.45, 2.75) is 6.92 Å². The van der Waals surface area contributed by atoms with Crippen molar-refractivity contribution in [3.63, 3.8) is 0 Å². The quantitative estimate of drug-likeness (QED) is 0.335. The maximum Gasteiger partial charge on any atom is 0.188 e. The van der Waals surface area contributed by atoms with E-state index in [-0.39, 0.29) is 5.84 Å². The minimum atomic E-state index is -0.0142. The minimum absolute atomic E-state index is 0.0142. The molecular formula is C10H11N5O. The first-order chi connectivity index (χ1) is 7.72. The maximum atomic E-state index is 8.57. The molecule has 82 valence electrons. The molecule has 0 fully saturated rings. The van der Waals surface area contributed by atoms with Crippen LogP contribution in [-0.4, -0.2) is 25.6 Å². The fraction of sp³-hybridized carbons (Fsp3) is 0.100. The summed E-state index contributed by atoms with van der Waals surface area (Å²) in [7, 11) is 0. The van der Waals surface area contributed by atoms with Crippen LogP contribution in [0.1, 0.15) is 11.5 Å². The van der Waals surface area contributed by atoms with E-state index in [0.29, 0.717) is 5.69 Å². The molecule has 6 heteroatoms. The third-order valence-corrected chi connectivity index (χ3v) is 2.22. The molecule has 2 heterocycles. The summed E-state index contributed by atoms with van der Waals surface area (Å²) in [5.41, 5.74) is 6.76. The van der Waals surface area contributed by atoms with Crippen molar-refractivity contribution in [2.75, 3.05) is 0 Å². The highest BCUT2D eigenvalue weighted by Gasteiger charge is 2.05. The van der Waals surface area contributed by atoms with Gasteiger partial charge in [-0.1, -0.05) is 5.16 Å². The molecule has 0 spiro atoms. The normalized spacial score (nSPS) is 11.7. The van der Waals surface area contributed by atoms with Gasteiger partial charge in [-0.2, -0.15) is 0 Å². The number of nitrogens with two attached hydrogens (primary N) is 1. The van der Waals surface area contributed by atoms with E-state index in [9.17, 15) is 0 Å². The average molecular weight is 217 g/mol. The fourth-order valence-corrected chi connectivity index (χ4v) is 1.41. The Morgan fingerprint density at radius 2 is 2.25 bits per heavy atom. The van der Waals surface area contributed by atoms with Crippen LogP contribution in [0, 0.1) is 6.92 Å². The van der Waals surface area contributed by atoms with E-state index in [0.717, 1.165) is 11.5 Å². The van der Waals surface area contributed by atoms with Gasteiger partial charge in [0.1, 0.15) is 11.5 Å². The van der Waals surface area contributed by atoms with E-state index >= 15 is 0 Å². The molecule has 0 saturated carbocycles. The van der Waals surface area contributed by atoms with E-state index < -0.39 is 0 Å². The van der Waals surface area contributed by atoms with Gasteiger partial charge in [-0.3, -0.25) is 4.98 Å². The van der Waals surface area contributed by atoms with E-state index in [1.807, 2.05) is 23.8 Å². The Bertz CT molecular complexity index is 532. The van der Waals surface area contributed by atoms with E-state index in [1.54, 1.807) is 18.5 Å². The Kier molecular flexibility index (Phi) is 2.55. The molecule has 0 radical (unpaired) electrons. The standard InChI is InChI=1S/C10H11N5O/c1-7-12-4-5-15(7)8-2-3-13-9(6-8)10(11)14-16/h2-6,16H,1H3,(H2,11,14). The fourth-order valence-electron chi connectivity index (χ4n) is 1.41. The van der Waals surface area contributed by atoms with Crippen LogP contribution in [0.3, 0.4) is 0 Å². The number of hydrogen-bond donors (Lipinski definition) is 2. The highest BCUT2D eigenvalue weighted by atomic mass is 16.4. The largest absolute Gasteiger partial charge is 0.409 e. The Balaban J connectivity index is 2.48. The van der Waals surface area contributed by atoms with Crippen LogP contribution in [0.25, 0.3) is 5.69 Å². The van der Waals surface area contributed by atoms with Crippen LogP contribution in [0.4, 0.5) is 0 Å². The summed E-state index contributed by atoms with van der Waals surface area (Å²) < 4.78 is 1.88. The van der Waals surface area contributed by atoms with Gasteiger partial charge in [-0.15, -0.1) is 0 Å². The number of oxime groups is 1. The second kappa shape index (κ2) is 4.01. The third-order valence-electron chi connectivity index (χ3n) is 2.22. The van der Waals surface area contributed by atoms with Gasteiger partial charge in [0.15, 0.2) is 5.84 Å². The second-order valence-corrected chi connectivity index (χ2v) is 3.23. The number of rotatable bonds is 2. The Labute approximate surface area is 92.1 Å². The highest BCUT2D eigenvalue weighted by Crippen LogP contribution is 2.10. The summed E-state index contributed by atoms with van der Waals surface area (Å²) in [6.07, 6.45) is 5.14. The molecule has 0 bridgehead atoms. The molecule has 0 atom stereocenters. The molecule has 0 aliphatic carbocycles. The predicted molar refractivity (Wildman–Crippen MR) is 58.6 cm³/mol. The molecule has 0 unspecified atom stereocenters. The van der Waals surface area contributed by atoms with Crippen molar-refractivity contribution in [2.24, 2.45) is 10.9 Å². The van der Waals surface area contributed by atoms with Crippen molar-refractivity contribution in [1.29, 1.82) is 0 Å². The minimum Gasteiger partial charge on any atom is -0.409 e. The average Bonchev–Trinajstić information content (AvgIpc) is 2.74. The van der Waals surface area contributed by atoms with Crippen LogP contribution in [-0.2, 0) is 0 Å². The zero-order chi connectivity index (χ0) is 11.5. The first-order valence-electron chi connectivity index (χ1n) is 4.66. The van der Waals surface area contributed by atoms with Crippen LogP contribution in [0.2, 0.25) is 0 Å². The van der Waals surface area contributed by atoms with Gasteiger partial charge >= 0.3 is 0 Å². The van der Waals surface area contributed by atoms with Gasteiger partial charge in [0.2, 0.25) is 0 Å². The van der Waals surface area contributed by atoms with Crippen molar-refractivity contribution in [3.05, 3.63) is 42.2 Å². The van der Waals surface area contributed by atoms with E-state index in [2.05, 4.69) is 15.1 Å². The summed E-state index contributed by atoms with van der Waals surface area (Å²) in [5.74, 6) is 0.844. The van der Waals surface area contributed by atoms with Gasteiger partial charge in [-0.05, 0) is 19.1 Å². The highest BCUT2D eigenvalue weighted by molar-refractivity contribution is 5.95. The topological polar surface area (TPSA) is 89.3 Å². The summed E-state index contributed by atoms with van der Waals surface area (Å²) >= 11 is 0. The molecule has 2 aromatic heterocycles. The van der Waals surface area contributed by atoms with Crippen LogP contribution < -0.4 is 5.73 Å². The molecule has 0 aliphatic heterocycles. The number of pyridine rings is 1. The number of aromatic nitrogens is 3. The smallest absolute Gasteiger partial charge is 0.188 e. The van der Waals surface area contributed by atoms with Crippen molar-refractivity contribution >= 4 is 5.84 Å². The monoisotopic (exact) mass is 217 g/mol. The van der Waals surface area contributed by atoms with Crippen molar-refractivity contribution in [1.82, 2.24) is 14.5 Å². The molecular weight excluding hydrogens is 206 g/mol. The second-order valence-electron chi connectivity index (χ2n) is 3.23. The van der Waals surface area contributed by atoms with Crippen LogP contribution in [0.15, 0.2) is 35.9 Å². The van der Waals surface area contributed by atoms with Gasteiger partial charge in [-0.25, -0.2) is 4.98 Å². The lowest BCUT2D eigenvalue weighted by atomic mass is 10.3. The van der Waals surface area contributed by atoms with Crippen LogP contribution in [0.5, 0.6) is 0 Å². The first-order valence-corrected chi connectivity index (χ1v) is 4.66. The van der Waals surface area contributed by atoms with E-state index in [4.69, 9.17) is 10.9 Å². The lowest BCUT2D eigenvalue weighted by Crippen LogP contribution is -2.15. The SMILES string of the molecule is Cc1nccn1-c1ccnc(C(N)=NO)c1. The number of imidazole rings is 1. The number of aryl methyl sites for hydroxylation is 1. The number of amidine groups is 1. The molecule has 0 amide bonds. The molecule has 0 aliphatic rings. The Hall–Kier alpha value is -2.37. The van der Waals surface area contributed by atoms with Gasteiger partial charge < -0.3 is 15.5 Å². The molecule has 6 nitrogen and oxygen atoms in total. The van der Waals surface area contributed by atoms with Crippen LogP contribution >= 0.6 is 0 Å². The molecule has 0 aromatic carbocycles. The maximum absolute atomic E-state index is 8.57. The zero-order valence-corrected chi connectivity index (χ0v) is 8.70. The summed E-state index contributed by atoms with van der Waals surface area (Å²) in [5, 5.41) is 11.5. The zero-order valence-electron chi connectivity index (χ0n) is 8.70. The van der Waals surface area contributed by atoms with Crippen molar-refractivity contribution in [3.8, 4) is 5.69 Å². The van der Waals surface area contributed by atoms with E-state index in [1.165, 1.54) is 0 Å². The molecule has 2 aromatic rings. The predicted octanol–water partition coefficient (Wildman–Crippen LogP) is 0.670. The Morgan fingerprint density at radius 1 is 1.44 bits per heavy atom. The number of nitrogens with zero attached hydrogens (tertiary/aromatic N) is 4. The Morgan fingerprint density at radius 3 is 2.88 bits per heavy atom. The molecule has 0 saturated heterocycles. The summed E-state index contributed by atoms with van der Waals surface area (Å²) in [6.45, 7) is 1.89. The van der Waals surface area contributed by atoms with Gasteiger partial charge in [0.05, 0.1) is 5.69 Å². The summed E-state index contributed by atoms with van der Waals surface area (Å²) in [4.78, 5) is 8.12. The summed E-state index contributed by atoms with van der Waals surface area (Å²) in [6, 6.07) is 3.55. The van der Waals surface area contributed by atoms with Gasteiger partial charge in [0.25, 0.3) is 0 Å². The van der Waals surface area contributed by atoms with Crippen molar-refractivity contribution < 1.29 is 5.21 Å². The molecule has 2 rings (SSSR count). The lowest BCUT2D eigenvalue weighted by Gasteiger charge is -2.05. The molecule has 3 N–H and O–H groups in total. The molecule has 16 heavy (non-hydrogen) atoms.